The van der Waals surface area contributed by atoms with Crippen LogP contribution >= 0.6 is 23.5 Å². The predicted octanol–water partition coefficient (Wildman–Crippen LogP) is 5.87. The molecule has 2 heterocycles. The number of esters is 1. The van der Waals surface area contributed by atoms with Gasteiger partial charge in [-0.2, -0.15) is 0 Å². The Morgan fingerprint density at radius 1 is 1.11 bits per heavy atom. The van der Waals surface area contributed by atoms with E-state index in [0.717, 1.165) is 36.0 Å². The molecule has 0 bridgehead atoms. The molecule has 198 valence electrons. The van der Waals surface area contributed by atoms with E-state index in [1.54, 1.807) is 29.6 Å². The molecule has 37 heavy (non-hydrogen) atoms. The van der Waals surface area contributed by atoms with Crippen LogP contribution in [0.4, 0.5) is 8.78 Å². The minimum Gasteiger partial charge on any atom is -0.466 e. The summed E-state index contributed by atoms with van der Waals surface area (Å²) in [5.74, 6) is 0.756. The van der Waals surface area contributed by atoms with Crippen molar-refractivity contribution in [1.82, 2.24) is 5.32 Å². The summed E-state index contributed by atoms with van der Waals surface area (Å²) in [5, 5.41) is 3.33. The van der Waals surface area contributed by atoms with E-state index in [4.69, 9.17) is 14.9 Å². The summed E-state index contributed by atoms with van der Waals surface area (Å²) in [7, 11) is 0. The molecular weight excluding hydrogens is 514 g/mol. The van der Waals surface area contributed by atoms with Crippen molar-refractivity contribution in [2.75, 3.05) is 18.1 Å². The predicted molar refractivity (Wildman–Crippen MR) is 146 cm³/mol. The molecule has 1 aromatic heterocycles. The van der Waals surface area contributed by atoms with Gasteiger partial charge in [-0.05, 0) is 65.7 Å². The molecular formula is C28H32F2N2O3S2. The monoisotopic (exact) mass is 546 g/mol. The molecule has 1 aliphatic heterocycles. The van der Waals surface area contributed by atoms with E-state index in [1.165, 1.54) is 24.0 Å². The van der Waals surface area contributed by atoms with Gasteiger partial charge in [-0.15, -0.1) is 23.5 Å². The van der Waals surface area contributed by atoms with E-state index in [0.29, 0.717) is 23.4 Å². The normalized spacial score (nSPS) is 15.9. The quantitative estimate of drug-likeness (QED) is 0.291. The minimum atomic E-state index is -0.734. The van der Waals surface area contributed by atoms with Crippen LogP contribution in [0.5, 0.6) is 0 Å². The number of rotatable bonds is 11. The van der Waals surface area contributed by atoms with E-state index in [1.807, 2.05) is 12.1 Å². The molecule has 1 aliphatic rings. The first kappa shape index (κ1) is 27.7. The number of hydrogen-bond donors (Lipinski definition) is 2. The van der Waals surface area contributed by atoms with Crippen molar-refractivity contribution in [3.8, 4) is 0 Å². The molecule has 0 spiro atoms. The fourth-order valence-corrected chi connectivity index (χ4v) is 7.11. The van der Waals surface area contributed by atoms with E-state index < -0.39 is 29.7 Å². The van der Waals surface area contributed by atoms with Gasteiger partial charge >= 0.3 is 5.97 Å². The number of benzene rings is 2. The maximum Gasteiger partial charge on any atom is 0.342 e. The zero-order valence-corrected chi connectivity index (χ0v) is 22.4. The van der Waals surface area contributed by atoms with Crippen molar-refractivity contribution in [3.05, 3.63) is 94.4 Å². The van der Waals surface area contributed by atoms with Gasteiger partial charge < -0.3 is 20.2 Å². The van der Waals surface area contributed by atoms with Crippen LogP contribution in [0.15, 0.2) is 59.2 Å². The highest BCUT2D eigenvalue weighted by Gasteiger charge is 2.29. The lowest BCUT2D eigenvalue weighted by Gasteiger charge is -2.25. The highest BCUT2D eigenvalue weighted by molar-refractivity contribution is 8.16. The Hall–Kier alpha value is -2.33. The van der Waals surface area contributed by atoms with Gasteiger partial charge in [-0.3, -0.25) is 0 Å². The molecule has 3 aromatic rings. The average molecular weight is 547 g/mol. The topological polar surface area (TPSA) is 77.5 Å². The van der Waals surface area contributed by atoms with Gasteiger partial charge in [-0.1, -0.05) is 31.2 Å². The van der Waals surface area contributed by atoms with Crippen molar-refractivity contribution in [3.63, 3.8) is 0 Å². The molecule has 9 heteroatoms. The third kappa shape index (κ3) is 7.83. The summed E-state index contributed by atoms with van der Waals surface area (Å²) in [4.78, 5) is 13.3. The molecule has 0 saturated carbocycles. The van der Waals surface area contributed by atoms with E-state index >= 15 is 0 Å². The Kier molecular flexibility index (Phi) is 10.1. The zero-order valence-electron chi connectivity index (χ0n) is 20.8. The largest absolute Gasteiger partial charge is 0.466 e. The number of furan rings is 1. The van der Waals surface area contributed by atoms with Crippen molar-refractivity contribution < 1.29 is 22.7 Å². The molecule has 2 unspecified atom stereocenters. The summed E-state index contributed by atoms with van der Waals surface area (Å²) >= 11 is 3.50. The maximum absolute atomic E-state index is 13.8. The summed E-state index contributed by atoms with van der Waals surface area (Å²) in [6.45, 7) is 2.95. The second-order valence-electron chi connectivity index (χ2n) is 9.02. The van der Waals surface area contributed by atoms with Crippen LogP contribution in [-0.2, 0) is 24.1 Å². The van der Waals surface area contributed by atoms with Crippen molar-refractivity contribution in [2.45, 2.75) is 49.5 Å². The van der Waals surface area contributed by atoms with Crippen LogP contribution < -0.4 is 11.1 Å². The second kappa shape index (κ2) is 13.5. The lowest BCUT2D eigenvalue weighted by atomic mass is 10.0. The first-order valence-electron chi connectivity index (χ1n) is 12.4. The number of hydrogen-bond acceptors (Lipinski definition) is 7. The van der Waals surface area contributed by atoms with Crippen LogP contribution in [-0.4, -0.2) is 36.2 Å². The van der Waals surface area contributed by atoms with Gasteiger partial charge in [0.1, 0.15) is 33.6 Å². The average Bonchev–Trinajstić information content (AvgIpc) is 3.38. The molecule has 4 rings (SSSR count). The van der Waals surface area contributed by atoms with E-state index in [9.17, 15) is 13.6 Å². The Morgan fingerprint density at radius 2 is 1.84 bits per heavy atom. The molecule has 5 nitrogen and oxygen atoms in total. The van der Waals surface area contributed by atoms with Gasteiger partial charge in [0.05, 0.1) is 6.26 Å². The third-order valence-electron chi connectivity index (χ3n) is 6.16. The van der Waals surface area contributed by atoms with Crippen LogP contribution in [0.2, 0.25) is 0 Å². The molecule has 1 saturated heterocycles. The summed E-state index contributed by atoms with van der Waals surface area (Å²) < 4.78 is 39.1. The Balaban J connectivity index is 1.47. The molecule has 3 N–H and O–H groups in total. The Bertz CT molecular complexity index is 1160. The van der Waals surface area contributed by atoms with Gasteiger partial charge in [0.2, 0.25) is 0 Å². The number of thioether (sulfide) groups is 2. The number of halogens is 2. The van der Waals surface area contributed by atoms with Crippen molar-refractivity contribution >= 4 is 29.5 Å². The number of ether oxygens (including phenoxy) is 1. The zero-order chi connectivity index (χ0) is 26.2. The standard InChI is InChI=1S/C28H32F2N2O3S2/c1-2-18-5-3-6-19(11-18)16-32-17-25(24(31)14-20-12-21(29)15-22(30)13-20)35-27(33)23-7-8-34-26(23)28-36-9-4-10-37-28/h3,5-8,11-13,15,24-25,28,32H,2,4,9-10,14,16-17,31H2,1H3. The molecule has 2 aromatic carbocycles. The second-order valence-corrected chi connectivity index (χ2v) is 11.7. The summed E-state index contributed by atoms with van der Waals surface area (Å²) in [5.41, 5.74) is 9.59. The lowest BCUT2D eigenvalue weighted by Crippen LogP contribution is -2.46. The summed E-state index contributed by atoms with van der Waals surface area (Å²) in [6, 6.07) is 12.5. The van der Waals surface area contributed by atoms with Crippen molar-refractivity contribution in [1.29, 1.82) is 0 Å². The SMILES string of the molecule is CCc1cccc(CNCC(OC(=O)c2ccoc2C2SCCCS2)C(N)Cc2cc(F)cc(F)c2)c1. The molecule has 0 aliphatic carbocycles. The van der Waals surface area contributed by atoms with E-state index in [2.05, 4.69) is 24.4 Å². The number of carbonyl (C=O) groups excluding carboxylic acids is 1. The minimum absolute atomic E-state index is 0.0395. The highest BCUT2D eigenvalue weighted by atomic mass is 32.2. The van der Waals surface area contributed by atoms with Crippen LogP contribution in [0, 0.1) is 11.6 Å². The highest BCUT2D eigenvalue weighted by Crippen LogP contribution is 2.45. The van der Waals surface area contributed by atoms with Crippen LogP contribution in [0.3, 0.4) is 0 Å². The van der Waals surface area contributed by atoms with Crippen molar-refractivity contribution in [2.24, 2.45) is 5.73 Å². The smallest absolute Gasteiger partial charge is 0.342 e. The fourth-order valence-electron chi connectivity index (χ4n) is 4.24. The fraction of sp³-hybridized carbons (Fsp3) is 0.393. The molecule has 0 amide bonds. The molecule has 0 radical (unpaired) electrons. The number of nitrogens with two attached hydrogens (primary N) is 1. The first-order chi connectivity index (χ1) is 17.9. The van der Waals surface area contributed by atoms with E-state index in [-0.39, 0.29) is 17.5 Å². The van der Waals surface area contributed by atoms with Gasteiger partial charge in [-0.25, -0.2) is 13.6 Å². The van der Waals surface area contributed by atoms with Crippen LogP contribution in [0.1, 0.15) is 50.7 Å². The van der Waals surface area contributed by atoms with Gasteiger partial charge in [0.15, 0.2) is 0 Å². The number of aryl methyl sites for hydroxylation is 1. The lowest BCUT2D eigenvalue weighted by molar-refractivity contribution is 0.0236. The maximum atomic E-state index is 13.8. The van der Waals surface area contributed by atoms with Gasteiger partial charge in [0, 0.05) is 25.2 Å². The third-order valence-corrected chi connectivity index (χ3v) is 9.06. The Labute approximate surface area is 224 Å². The Morgan fingerprint density at radius 3 is 2.57 bits per heavy atom. The molecule has 1 fully saturated rings. The van der Waals surface area contributed by atoms with Gasteiger partial charge in [0.25, 0.3) is 0 Å². The number of carbonyl (C=O) groups is 1. The number of nitrogens with one attached hydrogen (secondary N) is 1. The van der Waals surface area contributed by atoms with Crippen LogP contribution in [0.25, 0.3) is 0 Å². The molecule has 2 atom stereocenters. The first-order valence-corrected chi connectivity index (χ1v) is 14.5. The summed E-state index contributed by atoms with van der Waals surface area (Å²) in [6.07, 6.45) is 2.98.